The van der Waals surface area contributed by atoms with E-state index in [1.807, 2.05) is 0 Å². The average Bonchev–Trinajstić information content (AvgIpc) is 2.85. The summed E-state index contributed by atoms with van der Waals surface area (Å²) in [6.07, 6.45) is 0. The Morgan fingerprint density at radius 3 is 2.19 bits per heavy atom. The van der Waals surface area contributed by atoms with Crippen molar-refractivity contribution in [3.63, 3.8) is 0 Å². The van der Waals surface area contributed by atoms with Crippen molar-refractivity contribution in [2.75, 3.05) is 17.9 Å². The molecule has 1 unspecified atom stereocenters. The smallest absolute Gasteiger partial charge is 0.264 e. The summed E-state index contributed by atoms with van der Waals surface area (Å²) in [4.78, 5) is 27.4. The lowest BCUT2D eigenvalue weighted by Crippen LogP contribution is -2.50. The Kier molecular flexibility index (Phi) is 9.24. The molecule has 0 aromatic heterocycles. The first-order valence-electron chi connectivity index (χ1n) is 10.8. The zero-order valence-electron chi connectivity index (χ0n) is 19.5. The lowest BCUT2D eigenvalue weighted by molar-refractivity contribution is -0.139. The van der Waals surface area contributed by atoms with Crippen LogP contribution in [0.1, 0.15) is 12.5 Å². The first kappa shape index (κ1) is 27.8. The number of hydrogen-bond donors (Lipinski definition) is 1. The number of nitrogens with zero attached hydrogens (tertiary/aromatic N) is 2. The van der Waals surface area contributed by atoms with E-state index in [4.69, 9.17) is 34.8 Å². The number of rotatable bonds is 9. The molecule has 0 saturated heterocycles. The van der Waals surface area contributed by atoms with Crippen molar-refractivity contribution in [1.82, 2.24) is 10.2 Å². The second kappa shape index (κ2) is 12.0. The van der Waals surface area contributed by atoms with Gasteiger partial charge in [0.05, 0.1) is 15.6 Å². The van der Waals surface area contributed by atoms with Gasteiger partial charge in [0.25, 0.3) is 10.0 Å². The second-order valence-corrected chi connectivity index (χ2v) is 11.0. The van der Waals surface area contributed by atoms with Gasteiger partial charge in [-0.2, -0.15) is 0 Å². The highest BCUT2D eigenvalue weighted by Crippen LogP contribution is 2.33. The van der Waals surface area contributed by atoms with Crippen LogP contribution in [0.25, 0.3) is 0 Å². The molecule has 0 spiro atoms. The van der Waals surface area contributed by atoms with Gasteiger partial charge in [-0.15, -0.1) is 0 Å². The van der Waals surface area contributed by atoms with Gasteiger partial charge in [-0.1, -0.05) is 65.1 Å². The third kappa shape index (κ3) is 6.50. The fourth-order valence-electron chi connectivity index (χ4n) is 3.54. The maximum atomic E-state index is 13.7. The molecule has 0 aliphatic heterocycles. The molecule has 0 heterocycles. The van der Waals surface area contributed by atoms with Gasteiger partial charge in [0.2, 0.25) is 11.8 Å². The zero-order valence-corrected chi connectivity index (χ0v) is 22.6. The van der Waals surface area contributed by atoms with Gasteiger partial charge >= 0.3 is 0 Å². The van der Waals surface area contributed by atoms with E-state index in [1.54, 1.807) is 49.4 Å². The number of hydrogen-bond acceptors (Lipinski definition) is 4. The van der Waals surface area contributed by atoms with Crippen LogP contribution in [0.2, 0.25) is 15.1 Å². The molecule has 190 valence electrons. The Balaban J connectivity index is 2.06. The van der Waals surface area contributed by atoms with Gasteiger partial charge < -0.3 is 10.2 Å². The molecule has 2 amide bonds. The maximum Gasteiger partial charge on any atom is 0.264 e. The lowest BCUT2D eigenvalue weighted by Gasteiger charge is -2.32. The number of nitrogens with one attached hydrogen (secondary N) is 1. The van der Waals surface area contributed by atoms with Crippen molar-refractivity contribution in [2.24, 2.45) is 0 Å². The minimum absolute atomic E-state index is 0.0236. The molecule has 0 aliphatic rings. The average molecular weight is 569 g/mol. The standard InChI is InChI=1S/C25H24Cl3N3O4S/c1-17(25(33)29-2)30(15-18-7-6-8-19(26)13-18)24(32)16-31(23-12-11-20(27)14-22(23)28)36(34,35)21-9-4-3-5-10-21/h3-14,17H,15-16H2,1-2H3,(H,29,33). The molecule has 7 nitrogen and oxygen atoms in total. The van der Waals surface area contributed by atoms with Crippen LogP contribution in [0, 0.1) is 0 Å². The number of sulfonamides is 1. The van der Waals surface area contributed by atoms with Crippen LogP contribution >= 0.6 is 34.8 Å². The van der Waals surface area contributed by atoms with Crippen LogP contribution in [0.15, 0.2) is 77.7 Å². The largest absolute Gasteiger partial charge is 0.357 e. The monoisotopic (exact) mass is 567 g/mol. The van der Waals surface area contributed by atoms with Gasteiger partial charge in [0.15, 0.2) is 0 Å². The summed E-state index contributed by atoms with van der Waals surface area (Å²) in [5.41, 5.74) is 0.752. The van der Waals surface area contributed by atoms with Crippen LogP contribution in [0.5, 0.6) is 0 Å². The minimum Gasteiger partial charge on any atom is -0.357 e. The summed E-state index contributed by atoms with van der Waals surface area (Å²) < 4.78 is 28.2. The maximum absolute atomic E-state index is 13.7. The topological polar surface area (TPSA) is 86.8 Å². The first-order chi connectivity index (χ1) is 17.0. The van der Waals surface area contributed by atoms with Crippen LogP contribution in [-0.2, 0) is 26.2 Å². The Hall–Kier alpha value is -2.78. The van der Waals surface area contributed by atoms with Crippen molar-refractivity contribution in [2.45, 2.75) is 24.4 Å². The number of halogens is 3. The Labute approximate surface area is 225 Å². The van der Waals surface area contributed by atoms with Crippen molar-refractivity contribution in [1.29, 1.82) is 0 Å². The number of amides is 2. The van der Waals surface area contributed by atoms with E-state index in [2.05, 4.69) is 5.32 Å². The van der Waals surface area contributed by atoms with Crippen molar-refractivity contribution >= 4 is 62.3 Å². The second-order valence-electron chi connectivity index (χ2n) is 7.86. The molecular formula is C25H24Cl3N3O4S. The molecule has 3 aromatic rings. The van der Waals surface area contributed by atoms with E-state index in [-0.39, 0.29) is 22.2 Å². The molecule has 0 saturated carbocycles. The molecule has 11 heteroatoms. The van der Waals surface area contributed by atoms with Crippen LogP contribution in [-0.4, -0.2) is 44.8 Å². The summed E-state index contributed by atoms with van der Waals surface area (Å²) in [5.74, 6) is -1.02. The van der Waals surface area contributed by atoms with Crippen LogP contribution in [0.3, 0.4) is 0 Å². The Bertz CT molecular complexity index is 1350. The van der Waals surface area contributed by atoms with E-state index < -0.39 is 34.4 Å². The fourth-order valence-corrected chi connectivity index (χ4v) is 5.77. The Morgan fingerprint density at radius 1 is 0.917 bits per heavy atom. The molecular weight excluding hydrogens is 545 g/mol. The van der Waals surface area contributed by atoms with Crippen molar-refractivity contribution in [3.8, 4) is 0 Å². The molecule has 36 heavy (non-hydrogen) atoms. The van der Waals surface area contributed by atoms with Gasteiger partial charge in [0.1, 0.15) is 12.6 Å². The number of benzene rings is 3. The molecule has 0 fully saturated rings. The van der Waals surface area contributed by atoms with E-state index in [0.29, 0.717) is 15.6 Å². The van der Waals surface area contributed by atoms with Crippen molar-refractivity contribution < 1.29 is 18.0 Å². The van der Waals surface area contributed by atoms with E-state index >= 15 is 0 Å². The zero-order chi connectivity index (χ0) is 26.5. The molecule has 0 bridgehead atoms. The SMILES string of the molecule is CNC(=O)C(C)N(Cc1cccc(Cl)c1)C(=O)CN(c1ccc(Cl)cc1Cl)S(=O)(=O)c1ccccc1. The van der Waals surface area contributed by atoms with E-state index in [1.165, 1.54) is 42.3 Å². The normalized spacial score (nSPS) is 12.0. The van der Waals surface area contributed by atoms with Crippen LogP contribution < -0.4 is 9.62 Å². The van der Waals surface area contributed by atoms with E-state index in [0.717, 1.165) is 4.31 Å². The van der Waals surface area contributed by atoms with Crippen molar-refractivity contribution in [3.05, 3.63) is 93.4 Å². The summed E-state index contributed by atoms with van der Waals surface area (Å²) in [5, 5.41) is 3.35. The highest BCUT2D eigenvalue weighted by Gasteiger charge is 2.33. The molecule has 3 rings (SSSR count). The van der Waals surface area contributed by atoms with Gasteiger partial charge in [-0.3, -0.25) is 13.9 Å². The summed E-state index contributed by atoms with van der Waals surface area (Å²) in [6, 6.07) is 18.0. The molecule has 0 radical (unpaired) electrons. The number of carbonyl (C=O) groups is 2. The Morgan fingerprint density at radius 2 is 1.58 bits per heavy atom. The predicted octanol–water partition coefficient (Wildman–Crippen LogP) is 5.01. The number of carbonyl (C=O) groups excluding carboxylic acids is 2. The quantitative estimate of drug-likeness (QED) is 0.393. The number of likely N-dealkylation sites (N-methyl/N-ethyl adjacent to an activating group) is 1. The van der Waals surface area contributed by atoms with Gasteiger partial charge in [-0.25, -0.2) is 8.42 Å². The fraction of sp³-hybridized carbons (Fsp3) is 0.200. The van der Waals surface area contributed by atoms with Crippen LogP contribution in [0.4, 0.5) is 5.69 Å². The summed E-state index contributed by atoms with van der Waals surface area (Å²) in [7, 11) is -2.75. The first-order valence-corrected chi connectivity index (χ1v) is 13.4. The highest BCUT2D eigenvalue weighted by molar-refractivity contribution is 7.92. The molecule has 1 N–H and O–H groups in total. The predicted molar refractivity (Wildman–Crippen MR) is 143 cm³/mol. The van der Waals surface area contributed by atoms with E-state index in [9.17, 15) is 18.0 Å². The molecule has 3 aromatic carbocycles. The summed E-state index contributed by atoms with van der Waals surface area (Å²) >= 11 is 18.5. The summed E-state index contributed by atoms with van der Waals surface area (Å²) in [6.45, 7) is 0.981. The third-order valence-electron chi connectivity index (χ3n) is 5.44. The van der Waals surface area contributed by atoms with Gasteiger partial charge in [0, 0.05) is 23.6 Å². The third-order valence-corrected chi connectivity index (χ3v) is 7.99. The number of anilines is 1. The minimum atomic E-state index is -4.21. The molecule has 0 aliphatic carbocycles. The van der Waals surface area contributed by atoms with Gasteiger partial charge in [-0.05, 0) is 55.0 Å². The lowest BCUT2D eigenvalue weighted by atomic mass is 10.1. The molecule has 1 atom stereocenters. The highest BCUT2D eigenvalue weighted by atomic mass is 35.5.